The van der Waals surface area contributed by atoms with Gasteiger partial charge in [0.15, 0.2) is 0 Å². The van der Waals surface area contributed by atoms with E-state index in [4.69, 9.17) is 16.3 Å². The molecule has 0 aromatic carbocycles. The lowest BCUT2D eigenvalue weighted by molar-refractivity contribution is -0.0783. The molecule has 2 rings (SSSR count). The van der Waals surface area contributed by atoms with Gasteiger partial charge in [0.2, 0.25) is 0 Å². The summed E-state index contributed by atoms with van der Waals surface area (Å²) in [6.45, 7) is 8.68. The number of ether oxygens (including phenoxy) is 1. The molecule has 4 nitrogen and oxygen atoms in total. The fourth-order valence-electron chi connectivity index (χ4n) is 2.61. The predicted molar refractivity (Wildman–Crippen MR) is 80.8 cm³/mol. The number of aliphatic hydroxyl groups excluding tert-OH is 2. The van der Waals surface area contributed by atoms with Crippen molar-refractivity contribution in [2.45, 2.75) is 62.1 Å². The van der Waals surface area contributed by atoms with Crippen LogP contribution in [0.4, 0.5) is 0 Å². The monoisotopic (exact) mass is 312 g/mol. The summed E-state index contributed by atoms with van der Waals surface area (Å²) in [4.78, 5) is -1.15. The quantitative estimate of drug-likeness (QED) is 0.501. The Labute approximate surface area is 130 Å². The summed E-state index contributed by atoms with van der Waals surface area (Å²) in [7, 11) is 0. The van der Waals surface area contributed by atoms with Crippen molar-refractivity contribution in [3.8, 4) is 11.8 Å². The van der Waals surface area contributed by atoms with Crippen LogP contribution >= 0.6 is 11.6 Å². The zero-order chi connectivity index (χ0) is 16.0. The topological polar surface area (TPSA) is 69.9 Å². The number of alkyl halides is 1. The standard InChI is InChI=1S/C16H21ClO4/c1-9(2)5-6-10-7-11-16(17,14(19)13(10)18)8-12(21-11)15(3,4)20/h7,11-14,18-20H,1,8H2,2-4H3/t11-,12+,13+,14+,16+/m0/s1. The lowest BCUT2D eigenvalue weighted by Crippen LogP contribution is -2.53. The molecule has 1 aliphatic heterocycles. The fourth-order valence-corrected chi connectivity index (χ4v) is 2.98. The van der Waals surface area contributed by atoms with Gasteiger partial charge in [0.05, 0.1) is 17.8 Å². The lowest BCUT2D eigenvalue weighted by Gasteiger charge is -2.37. The second-order valence-electron chi connectivity index (χ2n) is 6.37. The zero-order valence-electron chi connectivity index (χ0n) is 12.4. The van der Waals surface area contributed by atoms with Gasteiger partial charge in [-0.1, -0.05) is 18.4 Å². The van der Waals surface area contributed by atoms with Crippen molar-refractivity contribution in [3.63, 3.8) is 0 Å². The number of aliphatic hydroxyl groups is 3. The third-order valence-corrected chi connectivity index (χ3v) is 4.52. The van der Waals surface area contributed by atoms with Gasteiger partial charge in [-0.25, -0.2) is 0 Å². The first-order chi connectivity index (χ1) is 9.55. The molecule has 0 radical (unpaired) electrons. The number of fused-ring (bicyclic) bond motifs is 1. The number of hydrogen-bond acceptors (Lipinski definition) is 4. The van der Waals surface area contributed by atoms with Crippen LogP contribution < -0.4 is 0 Å². The molecule has 0 unspecified atom stereocenters. The minimum atomic E-state index is -1.21. The molecule has 0 bridgehead atoms. The molecule has 0 spiro atoms. The van der Waals surface area contributed by atoms with Crippen molar-refractivity contribution in [2.75, 3.05) is 0 Å². The van der Waals surface area contributed by atoms with E-state index in [1.54, 1.807) is 26.8 Å². The normalized spacial score (nSPS) is 39.1. The summed E-state index contributed by atoms with van der Waals surface area (Å²) in [6.07, 6.45) is -1.63. The van der Waals surface area contributed by atoms with Crippen molar-refractivity contribution in [2.24, 2.45) is 0 Å². The van der Waals surface area contributed by atoms with Crippen LogP contribution in [-0.2, 0) is 4.74 Å². The van der Waals surface area contributed by atoms with E-state index in [1.807, 2.05) is 0 Å². The molecular formula is C16H21ClO4. The maximum absolute atomic E-state index is 10.4. The summed E-state index contributed by atoms with van der Waals surface area (Å²) in [5.41, 5.74) is -0.0634. The molecule has 1 heterocycles. The molecule has 2 aliphatic rings. The van der Waals surface area contributed by atoms with E-state index < -0.39 is 34.9 Å². The van der Waals surface area contributed by atoms with E-state index in [9.17, 15) is 15.3 Å². The van der Waals surface area contributed by atoms with Gasteiger partial charge in [0.1, 0.15) is 17.1 Å². The largest absolute Gasteiger partial charge is 0.388 e. The van der Waals surface area contributed by atoms with Crippen molar-refractivity contribution in [3.05, 3.63) is 23.8 Å². The lowest BCUT2D eigenvalue weighted by atomic mass is 9.79. The number of hydrogen-bond donors (Lipinski definition) is 3. The smallest absolute Gasteiger partial charge is 0.114 e. The number of halogens is 1. The van der Waals surface area contributed by atoms with E-state index in [0.29, 0.717) is 11.1 Å². The predicted octanol–water partition coefficient (Wildman–Crippen LogP) is 1.13. The SMILES string of the molecule is C=C(C)C#CC1=C[C@@H]2O[C@@H](C(C)(C)O)C[C@]2(Cl)[C@H](O)[C@@H]1O. The summed E-state index contributed by atoms with van der Waals surface area (Å²) >= 11 is 6.49. The molecule has 5 heteroatoms. The highest BCUT2D eigenvalue weighted by molar-refractivity contribution is 6.25. The molecule has 1 saturated heterocycles. The van der Waals surface area contributed by atoms with Crippen LogP contribution in [0.15, 0.2) is 23.8 Å². The Balaban J connectivity index is 2.35. The van der Waals surface area contributed by atoms with Gasteiger partial charge in [0, 0.05) is 12.0 Å². The van der Waals surface area contributed by atoms with Crippen molar-refractivity contribution >= 4 is 11.6 Å². The third kappa shape index (κ3) is 3.03. The van der Waals surface area contributed by atoms with Gasteiger partial charge >= 0.3 is 0 Å². The highest BCUT2D eigenvalue weighted by atomic mass is 35.5. The maximum Gasteiger partial charge on any atom is 0.114 e. The first-order valence-electron chi connectivity index (χ1n) is 6.88. The Morgan fingerprint density at radius 3 is 2.67 bits per heavy atom. The van der Waals surface area contributed by atoms with Gasteiger partial charge in [-0.2, -0.15) is 0 Å². The Morgan fingerprint density at radius 2 is 2.14 bits per heavy atom. The number of rotatable bonds is 1. The van der Waals surface area contributed by atoms with E-state index in [-0.39, 0.29) is 6.42 Å². The highest BCUT2D eigenvalue weighted by Gasteiger charge is 2.58. The molecule has 0 aromatic rings. The van der Waals surface area contributed by atoms with E-state index in [0.717, 1.165) is 0 Å². The molecule has 0 aromatic heterocycles. The summed E-state index contributed by atoms with van der Waals surface area (Å²) in [6, 6.07) is 0. The molecule has 1 fully saturated rings. The Kier molecular flexibility index (Phi) is 4.27. The molecule has 5 atom stereocenters. The van der Waals surface area contributed by atoms with Gasteiger partial charge in [0.25, 0.3) is 0 Å². The van der Waals surface area contributed by atoms with Gasteiger partial charge in [-0.3, -0.25) is 0 Å². The maximum atomic E-state index is 10.4. The first-order valence-corrected chi connectivity index (χ1v) is 7.25. The van der Waals surface area contributed by atoms with Crippen LogP contribution in [0.3, 0.4) is 0 Å². The van der Waals surface area contributed by atoms with Crippen molar-refractivity contribution in [1.82, 2.24) is 0 Å². The van der Waals surface area contributed by atoms with Gasteiger partial charge in [-0.05, 0) is 32.4 Å². The molecule has 0 saturated carbocycles. The molecule has 116 valence electrons. The fraction of sp³-hybridized carbons (Fsp3) is 0.625. The summed E-state index contributed by atoms with van der Waals surface area (Å²) < 4.78 is 5.77. The van der Waals surface area contributed by atoms with Crippen LogP contribution in [0.2, 0.25) is 0 Å². The summed E-state index contributed by atoms with van der Waals surface area (Å²) in [5, 5.41) is 30.6. The van der Waals surface area contributed by atoms with E-state index in [1.165, 1.54) is 0 Å². The van der Waals surface area contributed by atoms with Crippen molar-refractivity contribution < 1.29 is 20.1 Å². The Hall–Kier alpha value is -0.830. The van der Waals surface area contributed by atoms with Crippen LogP contribution in [0.5, 0.6) is 0 Å². The zero-order valence-corrected chi connectivity index (χ0v) is 13.2. The molecular weight excluding hydrogens is 292 g/mol. The summed E-state index contributed by atoms with van der Waals surface area (Å²) in [5.74, 6) is 5.55. The average molecular weight is 313 g/mol. The van der Waals surface area contributed by atoms with E-state index >= 15 is 0 Å². The number of allylic oxidation sites excluding steroid dienone is 1. The second kappa shape index (κ2) is 5.42. The van der Waals surface area contributed by atoms with Crippen LogP contribution in [-0.4, -0.2) is 50.2 Å². The van der Waals surface area contributed by atoms with Crippen LogP contribution in [0, 0.1) is 11.8 Å². The highest BCUT2D eigenvalue weighted by Crippen LogP contribution is 2.47. The molecule has 21 heavy (non-hydrogen) atoms. The Morgan fingerprint density at radius 1 is 1.52 bits per heavy atom. The average Bonchev–Trinajstić information content (AvgIpc) is 2.70. The van der Waals surface area contributed by atoms with Gasteiger partial charge in [-0.15, -0.1) is 11.6 Å². The third-order valence-electron chi connectivity index (χ3n) is 3.93. The molecule has 1 aliphatic carbocycles. The minimum Gasteiger partial charge on any atom is -0.388 e. The van der Waals surface area contributed by atoms with Crippen molar-refractivity contribution in [1.29, 1.82) is 0 Å². The molecule has 3 N–H and O–H groups in total. The molecule has 0 amide bonds. The first kappa shape index (κ1) is 16.5. The minimum absolute atomic E-state index is 0.249. The Bertz CT molecular complexity index is 537. The second-order valence-corrected chi connectivity index (χ2v) is 7.08. The van der Waals surface area contributed by atoms with E-state index in [2.05, 4.69) is 18.4 Å². The van der Waals surface area contributed by atoms with Crippen LogP contribution in [0.1, 0.15) is 27.2 Å². The van der Waals surface area contributed by atoms with Gasteiger partial charge < -0.3 is 20.1 Å². The van der Waals surface area contributed by atoms with Crippen LogP contribution in [0.25, 0.3) is 0 Å².